The zero-order valence-corrected chi connectivity index (χ0v) is 16.3. The average Bonchev–Trinajstić information content (AvgIpc) is 2.70. The molecule has 4 aromatic rings. The molecule has 0 bridgehead atoms. The summed E-state index contributed by atoms with van der Waals surface area (Å²) >= 11 is 11.8. The summed E-state index contributed by atoms with van der Waals surface area (Å²) < 4.78 is 11.2. The van der Waals surface area contributed by atoms with E-state index >= 15 is 0 Å². The van der Waals surface area contributed by atoms with E-state index in [4.69, 9.17) is 32.4 Å². The topological polar surface area (TPSA) is 56.5 Å². The van der Waals surface area contributed by atoms with Crippen molar-refractivity contribution in [3.63, 3.8) is 0 Å². The Morgan fingerprint density at radius 2 is 1.71 bits per heavy atom. The molecule has 0 aliphatic heterocycles. The third-order valence-electron chi connectivity index (χ3n) is 4.59. The van der Waals surface area contributed by atoms with E-state index in [1.165, 1.54) is 6.07 Å². The maximum atomic E-state index is 12.4. The predicted molar refractivity (Wildman–Crippen MR) is 111 cm³/mol. The van der Waals surface area contributed by atoms with E-state index in [0.717, 1.165) is 10.8 Å². The lowest BCUT2D eigenvalue weighted by atomic mass is 10.0. The number of hydrogen-bond acceptors (Lipinski definition) is 4. The second kappa shape index (κ2) is 7.30. The van der Waals surface area contributed by atoms with Gasteiger partial charge in [0.25, 0.3) is 0 Å². The number of halogens is 2. The molecule has 28 heavy (non-hydrogen) atoms. The molecule has 0 aliphatic carbocycles. The van der Waals surface area contributed by atoms with E-state index in [0.29, 0.717) is 37.9 Å². The van der Waals surface area contributed by atoms with Crippen LogP contribution >= 0.6 is 23.2 Å². The SMILES string of the molecule is Cc1c(OCC(=O)c2ccc(Cl)c(Cl)c2)ccc2c1oc(=O)c1ccccc12. The quantitative estimate of drug-likeness (QED) is 0.240. The summed E-state index contributed by atoms with van der Waals surface area (Å²) in [5.41, 5.74) is 1.10. The van der Waals surface area contributed by atoms with Crippen molar-refractivity contribution >= 4 is 50.7 Å². The first kappa shape index (κ1) is 18.5. The monoisotopic (exact) mass is 412 g/mol. The van der Waals surface area contributed by atoms with Gasteiger partial charge in [0.1, 0.15) is 11.3 Å². The molecule has 0 radical (unpaired) electrons. The number of carbonyl (C=O) groups is 1. The Balaban J connectivity index is 1.67. The molecule has 1 aromatic heterocycles. The van der Waals surface area contributed by atoms with Gasteiger partial charge in [-0.05, 0) is 48.7 Å². The summed E-state index contributed by atoms with van der Waals surface area (Å²) in [5.74, 6) is 0.234. The van der Waals surface area contributed by atoms with Gasteiger partial charge in [-0.15, -0.1) is 0 Å². The largest absolute Gasteiger partial charge is 0.485 e. The number of fused-ring (bicyclic) bond motifs is 3. The maximum Gasteiger partial charge on any atom is 0.344 e. The number of rotatable bonds is 4. The molecule has 3 aromatic carbocycles. The smallest absolute Gasteiger partial charge is 0.344 e. The van der Waals surface area contributed by atoms with Crippen molar-refractivity contribution in [1.29, 1.82) is 0 Å². The van der Waals surface area contributed by atoms with E-state index in [1.807, 2.05) is 18.2 Å². The molecule has 0 spiro atoms. The van der Waals surface area contributed by atoms with Crippen LogP contribution in [-0.4, -0.2) is 12.4 Å². The van der Waals surface area contributed by atoms with Crippen LogP contribution in [0.25, 0.3) is 21.7 Å². The Labute approximate surface area is 170 Å². The number of benzene rings is 3. The van der Waals surface area contributed by atoms with Crippen LogP contribution in [0.5, 0.6) is 5.75 Å². The van der Waals surface area contributed by atoms with Gasteiger partial charge < -0.3 is 9.15 Å². The minimum Gasteiger partial charge on any atom is -0.485 e. The summed E-state index contributed by atoms with van der Waals surface area (Å²) in [6.45, 7) is 1.61. The van der Waals surface area contributed by atoms with Crippen LogP contribution < -0.4 is 10.4 Å². The number of carbonyl (C=O) groups excluding carboxylic acids is 1. The molecule has 0 saturated heterocycles. The van der Waals surface area contributed by atoms with E-state index in [-0.39, 0.29) is 12.4 Å². The van der Waals surface area contributed by atoms with Gasteiger partial charge in [-0.25, -0.2) is 4.79 Å². The first-order valence-electron chi connectivity index (χ1n) is 8.52. The number of aryl methyl sites for hydroxylation is 1. The molecule has 0 fully saturated rings. The molecular weight excluding hydrogens is 399 g/mol. The van der Waals surface area contributed by atoms with Crippen LogP contribution in [0.4, 0.5) is 0 Å². The number of Topliss-reactive ketones (excluding diaryl/α,β-unsaturated/α-hetero) is 1. The lowest BCUT2D eigenvalue weighted by Gasteiger charge is -2.11. The lowest BCUT2D eigenvalue weighted by Crippen LogP contribution is -2.12. The fourth-order valence-electron chi connectivity index (χ4n) is 3.11. The maximum absolute atomic E-state index is 12.4. The standard InChI is InChI=1S/C22H14Cl2O4/c1-12-20(27-11-19(25)13-6-8-17(23)18(24)10-13)9-7-15-14-4-2-3-5-16(14)22(26)28-21(12)15/h2-10H,11H2,1H3. The second-order valence-corrected chi connectivity index (χ2v) is 7.16. The van der Waals surface area contributed by atoms with E-state index in [1.54, 1.807) is 37.3 Å². The highest BCUT2D eigenvalue weighted by Crippen LogP contribution is 2.31. The molecule has 0 atom stereocenters. The fraction of sp³-hybridized carbons (Fsp3) is 0.0909. The Morgan fingerprint density at radius 1 is 0.964 bits per heavy atom. The van der Waals surface area contributed by atoms with Gasteiger partial charge in [-0.2, -0.15) is 0 Å². The van der Waals surface area contributed by atoms with Crippen molar-refractivity contribution < 1.29 is 13.9 Å². The van der Waals surface area contributed by atoms with Gasteiger partial charge in [0, 0.05) is 16.5 Å². The molecule has 140 valence electrons. The van der Waals surface area contributed by atoms with Crippen molar-refractivity contribution in [2.24, 2.45) is 0 Å². The normalized spacial score (nSPS) is 11.1. The minimum absolute atomic E-state index is 0.178. The van der Waals surface area contributed by atoms with Gasteiger partial charge >= 0.3 is 5.63 Å². The molecule has 0 aliphatic rings. The Hall–Kier alpha value is -2.82. The summed E-state index contributed by atoms with van der Waals surface area (Å²) in [6.07, 6.45) is 0. The summed E-state index contributed by atoms with van der Waals surface area (Å²) in [5, 5.41) is 2.85. The van der Waals surface area contributed by atoms with Crippen LogP contribution in [0.15, 0.2) is 63.8 Å². The number of hydrogen-bond donors (Lipinski definition) is 0. The van der Waals surface area contributed by atoms with Crippen molar-refractivity contribution in [3.05, 3.63) is 86.2 Å². The number of ether oxygens (including phenoxy) is 1. The highest BCUT2D eigenvalue weighted by atomic mass is 35.5. The lowest BCUT2D eigenvalue weighted by molar-refractivity contribution is 0.0921. The summed E-state index contributed by atoms with van der Waals surface area (Å²) in [6, 6.07) is 15.5. The zero-order valence-electron chi connectivity index (χ0n) is 14.8. The first-order valence-corrected chi connectivity index (χ1v) is 9.27. The van der Waals surface area contributed by atoms with Crippen LogP contribution in [0, 0.1) is 6.92 Å². The summed E-state index contributed by atoms with van der Waals surface area (Å²) in [4.78, 5) is 24.7. The minimum atomic E-state index is -0.407. The van der Waals surface area contributed by atoms with E-state index in [2.05, 4.69) is 0 Å². The molecule has 4 rings (SSSR count). The van der Waals surface area contributed by atoms with Gasteiger partial charge in [-0.1, -0.05) is 41.4 Å². The summed E-state index contributed by atoms with van der Waals surface area (Å²) in [7, 11) is 0. The molecule has 0 N–H and O–H groups in total. The molecule has 4 nitrogen and oxygen atoms in total. The van der Waals surface area contributed by atoms with Gasteiger partial charge in [0.05, 0.1) is 15.4 Å². The molecule has 1 heterocycles. The van der Waals surface area contributed by atoms with Crippen molar-refractivity contribution in [2.45, 2.75) is 6.92 Å². The predicted octanol–water partition coefficient (Wildman–Crippen LogP) is 5.82. The second-order valence-electron chi connectivity index (χ2n) is 6.34. The Bertz CT molecular complexity index is 1290. The fourth-order valence-corrected chi connectivity index (χ4v) is 3.41. The Morgan fingerprint density at radius 3 is 2.46 bits per heavy atom. The van der Waals surface area contributed by atoms with Crippen molar-refractivity contribution in [2.75, 3.05) is 6.61 Å². The van der Waals surface area contributed by atoms with Crippen LogP contribution in [-0.2, 0) is 0 Å². The van der Waals surface area contributed by atoms with E-state index < -0.39 is 5.63 Å². The highest BCUT2D eigenvalue weighted by Gasteiger charge is 2.14. The van der Waals surface area contributed by atoms with Gasteiger partial charge in [0.2, 0.25) is 0 Å². The molecule has 0 saturated carbocycles. The van der Waals surface area contributed by atoms with Crippen LogP contribution in [0.1, 0.15) is 15.9 Å². The van der Waals surface area contributed by atoms with Gasteiger partial charge in [-0.3, -0.25) is 4.79 Å². The molecule has 6 heteroatoms. The average molecular weight is 413 g/mol. The third-order valence-corrected chi connectivity index (χ3v) is 5.33. The third kappa shape index (κ3) is 3.26. The molecular formula is C22H14Cl2O4. The molecule has 0 amide bonds. The molecule has 0 unspecified atom stereocenters. The Kier molecular flexibility index (Phi) is 4.84. The van der Waals surface area contributed by atoms with Crippen LogP contribution in [0.3, 0.4) is 0 Å². The highest BCUT2D eigenvalue weighted by molar-refractivity contribution is 6.42. The van der Waals surface area contributed by atoms with E-state index in [9.17, 15) is 9.59 Å². The van der Waals surface area contributed by atoms with Crippen molar-refractivity contribution in [1.82, 2.24) is 0 Å². The van der Waals surface area contributed by atoms with Gasteiger partial charge in [0.15, 0.2) is 12.4 Å². The first-order chi connectivity index (χ1) is 13.5. The van der Waals surface area contributed by atoms with Crippen molar-refractivity contribution in [3.8, 4) is 5.75 Å². The number of ketones is 1. The zero-order chi connectivity index (χ0) is 19.8. The van der Waals surface area contributed by atoms with Crippen LogP contribution in [0.2, 0.25) is 10.0 Å².